The van der Waals surface area contributed by atoms with Gasteiger partial charge in [-0.1, -0.05) is 41.6 Å². The Kier molecular flexibility index (Phi) is 7.68. The second-order valence-corrected chi connectivity index (χ2v) is 8.84. The van der Waals surface area contributed by atoms with E-state index in [-0.39, 0.29) is 17.7 Å². The number of aromatic nitrogens is 2. The lowest BCUT2D eigenvalue weighted by Crippen LogP contribution is -2.37. The fourth-order valence-electron chi connectivity index (χ4n) is 3.80. The lowest BCUT2D eigenvalue weighted by molar-refractivity contribution is -0.118. The number of ether oxygens (including phenoxy) is 1. The number of methoxy groups -OCH3 is 1. The van der Waals surface area contributed by atoms with E-state index >= 15 is 0 Å². The lowest BCUT2D eigenvalue weighted by atomic mass is 10.0. The maximum Gasteiger partial charge on any atom is 0.277 e. The Morgan fingerprint density at radius 2 is 1.94 bits per heavy atom. The van der Waals surface area contributed by atoms with E-state index in [0.717, 1.165) is 30.0 Å². The number of hydrogen-bond acceptors (Lipinski definition) is 7. The van der Waals surface area contributed by atoms with Crippen molar-refractivity contribution in [2.45, 2.75) is 24.1 Å². The first kappa shape index (κ1) is 22.6. The summed E-state index contributed by atoms with van der Waals surface area (Å²) >= 11 is 7.13. The fourth-order valence-corrected chi connectivity index (χ4v) is 4.52. The summed E-state index contributed by atoms with van der Waals surface area (Å²) in [6, 6.07) is 15.2. The van der Waals surface area contributed by atoms with Crippen LogP contribution in [0.25, 0.3) is 11.5 Å². The average Bonchev–Trinajstić information content (AvgIpc) is 3.51. The molecular weight excluding hydrogens is 448 g/mol. The van der Waals surface area contributed by atoms with Crippen LogP contribution in [0.2, 0.25) is 5.02 Å². The van der Waals surface area contributed by atoms with Gasteiger partial charge in [0.1, 0.15) is 5.75 Å². The first-order chi connectivity index (χ1) is 15.6. The number of nitrogens with zero attached hydrogens (tertiary/aromatic N) is 3. The third-order valence-electron chi connectivity index (χ3n) is 5.40. The molecule has 0 spiro atoms. The number of likely N-dealkylation sites (tertiary alicyclic amines) is 1. The summed E-state index contributed by atoms with van der Waals surface area (Å²) in [4.78, 5) is 15.0. The molecule has 0 aliphatic carbocycles. The van der Waals surface area contributed by atoms with Gasteiger partial charge in [0.15, 0.2) is 0 Å². The van der Waals surface area contributed by atoms with E-state index in [0.29, 0.717) is 22.7 Å². The van der Waals surface area contributed by atoms with Gasteiger partial charge in [-0.2, -0.15) is 0 Å². The topological polar surface area (TPSA) is 80.5 Å². The minimum absolute atomic E-state index is 0.0718. The summed E-state index contributed by atoms with van der Waals surface area (Å²) in [5.74, 6) is 1.35. The van der Waals surface area contributed by atoms with Crippen molar-refractivity contribution in [1.82, 2.24) is 20.4 Å². The van der Waals surface area contributed by atoms with Crippen molar-refractivity contribution in [3.63, 3.8) is 0 Å². The van der Waals surface area contributed by atoms with Crippen LogP contribution in [0.4, 0.5) is 0 Å². The molecule has 0 saturated carbocycles. The van der Waals surface area contributed by atoms with Crippen molar-refractivity contribution in [2.75, 3.05) is 32.5 Å². The first-order valence-corrected chi connectivity index (χ1v) is 11.9. The van der Waals surface area contributed by atoms with Crippen LogP contribution in [0.3, 0.4) is 0 Å². The van der Waals surface area contributed by atoms with E-state index in [9.17, 15) is 4.79 Å². The molecular formula is C23H25ClN4O3S. The molecule has 1 unspecified atom stereocenters. The van der Waals surface area contributed by atoms with E-state index in [4.69, 9.17) is 20.8 Å². The number of benzene rings is 2. The number of thioether (sulfide) groups is 1. The smallest absolute Gasteiger partial charge is 0.277 e. The van der Waals surface area contributed by atoms with Crippen molar-refractivity contribution in [3.8, 4) is 17.2 Å². The Labute approximate surface area is 196 Å². The maximum absolute atomic E-state index is 12.5. The molecule has 1 aromatic heterocycles. The van der Waals surface area contributed by atoms with Gasteiger partial charge in [-0.15, -0.1) is 10.2 Å². The number of carbonyl (C=O) groups is 1. The molecule has 3 aromatic rings. The molecule has 168 valence electrons. The van der Waals surface area contributed by atoms with E-state index in [1.165, 1.54) is 24.6 Å². The third kappa shape index (κ3) is 5.62. The van der Waals surface area contributed by atoms with Crippen LogP contribution in [0.5, 0.6) is 5.75 Å². The largest absolute Gasteiger partial charge is 0.496 e. The van der Waals surface area contributed by atoms with Crippen LogP contribution >= 0.6 is 23.4 Å². The standard InChI is InChI=1S/C23H25ClN4O3S/c1-30-20-7-3-2-6-18(20)19(28-12-4-5-13-28)14-25-21(29)15-32-23-27-26-22(31-23)16-8-10-17(24)11-9-16/h2-3,6-11,19H,4-5,12-15H2,1H3,(H,25,29). The number of para-hydroxylation sites is 1. The summed E-state index contributed by atoms with van der Waals surface area (Å²) < 4.78 is 11.2. The first-order valence-electron chi connectivity index (χ1n) is 10.5. The van der Waals surface area contributed by atoms with Crippen LogP contribution in [0.15, 0.2) is 58.2 Å². The Bertz CT molecular complexity index is 1040. The van der Waals surface area contributed by atoms with Crippen LogP contribution < -0.4 is 10.1 Å². The number of halogens is 1. The normalized spacial score (nSPS) is 14.9. The molecule has 1 atom stereocenters. The molecule has 1 saturated heterocycles. The maximum atomic E-state index is 12.5. The number of carbonyl (C=O) groups excluding carboxylic acids is 1. The monoisotopic (exact) mass is 472 g/mol. The number of rotatable bonds is 9. The van der Waals surface area contributed by atoms with Gasteiger partial charge >= 0.3 is 0 Å². The Hall–Kier alpha value is -2.55. The van der Waals surface area contributed by atoms with Gasteiger partial charge in [0.2, 0.25) is 11.8 Å². The van der Waals surface area contributed by atoms with E-state index < -0.39 is 0 Å². The molecule has 7 nitrogen and oxygen atoms in total. The van der Waals surface area contributed by atoms with Crippen molar-refractivity contribution in [2.24, 2.45) is 0 Å². The molecule has 1 aliphatic rings. The summed E-state index contributed by atoms with van der Waals surface area (Å²) in [6.07, 6.45) is 2.34. The SMILES string of the molecule is COc1ccccc1C(CNC(=O)CSc1nnc(-c2ccc(Cl)cc2)o1)N1CCCC1. The van der Waals surface area contributed by atoms with Gasteiger partial charge in [-0.05, 0) is 56.3 Å². The van der Waals surface area contributed by atoms with Gasteiger partial charge < -0.3 is 14.5 Å². The van der Waals surface area contributed by atoms with Crippen molar-refractivity contribution in [3.05, 3.63) is 59.1 Å². The molecule has 2 heterocycles. The molecule has 1 amide bonds. The number of hydrogen-bond donors (Lipinski definition) is 1. The summed E-state index contributed by atoms with van der Waals surface area (Å²) in [5.41, 5.74) is 1.87. The summed E-state index contributed by atoms with van der Waals surface area (Å²) in [5, 5.41) is 12.1. The van der Waals surface area contributed by atoms with E-state index in [1.54, 1.807) is 19.2 Å². The Morgan fingerprint density at radius 3 is 2.69 bits per heavy atom. The second kappa shape index (κ2) is 10.8. The van der Waals surface area contributed by atoms with Gasteiger partial charge in [-0.25, -0.2) is 0 Å². The van der Waals surface area contributed by atoms with Crippen LogP contribution in [-0.2, 0) is 4.79 Å². The quantitative estimate of drug-likeness (QED) is 0.461. The van der Waals surface area contributed by atoms with Crippen LogP contribution in [0.1, 0.15) is 24.4 Å². The van der Waals surface area contributed by atoms with Gasteiger partial charge in [0, 0.05) is 22.7 Å². The highest BCUT2D eigenvalue weighted by Crippen LogP contribution is 2.31. The highest BCUT2D eigenvalue weighted by atomic mass is 35.5. The average molecular weight is 473 g/mol. The van der Waals surface area contributed by atoms with Crippen LogP contribution in [0, 0.1) is 0 Å². The van der Waals surface area contributed by atoms with Crippen molar-refractivity contribution >= 4 is 29.3 Å². The highest BCUT2D eigenvalue weighted by molar-refractivity contribution is 7.99. The summed E-state index contributed by atoms with van der Waals surface area (Å²) in [7, 11) is 1.68. The predicted molar refractivity (Wildman–Crippen MR) is 125 cm³/mol. The zero-order chi connectivity index (χ0) is 22.3. The van der Waals surface area contributed by atoms with Crippen LogP contribution in [-0.4, -0.2) is 53.5 Å². The van der Waals surface area contributed by atoms with E-state index in [1.807, 2.05) is 30.3 Å². The van der Waals surface area contributed by atoms with E-state index in [2.05, 4.69) is 26.5 Å². The van der Waals surface area contributed by atoms with Gasteiger partial charge in [0.05, 0.1) is 18.9 Å². The Morgan fingerprint density at radius 1 is 1.19 bits per heavy atom. The summed E-state index contributed by atoms with van der Waals surface area (Å²) in [6.45, 7) is 2.55. The molecule has 2 aromatic carbocycles. The number of amides is 1. The van der Waals surface area contributed by atoms with Gasteiger partial charge in [0.25, 0.3) is 5.22 Å². The molecule has 0 radical (unpaired) electrons. The van der Waals surface area contributed by atoms with Crippen molar-refractivity contribution < 1.29 is 13.9 Å². The predicted octanol–water partition coefficient (Wildman–Crippen LogP) is 4.44. The third-order valence-corrected chi connectivity index (χ3v) is 6.47. The van der Waals surface area contributed by atoms with Crippen molar-refractivity contribution in [1.29, 1.82) is 0 Å². The van der Waals surface area contributed by atoms with Gasteiger partial charge in [-0.3, -0.25) is 9.69 Å². The molecule has 32 heavy (non-hydrogen) atoms. The zero-order valence-electron chi connectivity index (χ0n) is 17.8. The highest BCUT2D eigenvalue weighted by Gasteiger charge is 2.26. The minimum Gasteiger partial charge on any atom is -0.496 e. The fraction of sp³-hybridized carbons (Fsp3) is 0.348. The molecule has 1 N–H and O–H groups in total. The Balaban J connectivity index is 1.34. The lowest BCUT2D eigenvalue weighted by Gasteiger charge is -2.29. The second-order valence-electron chi connectivity index (χ2n) is 7.47. The molecule has 1 fully saturated rings. The molecule has 4 rings (SSSR count). The number of nitrogens with one attached hydrogen (secondary N) is 1. The zero-order valence-corrected chi connectivity index (χ0v) is 19.4. The molecule has 0 bridgehead atoms. The molecule has 9 heteroatoms. The molecule has 1 aliphatic heterocycles. The minimum atomic E-state index is -0.0830.